The number of aryl methyl sites for hydroxylation is 1. The predicted octanol–water partition coefficient (Wildman–Crippen LogP) is 4.58. The van der Waals surface area contributed by atoms with Crippen molar-refractivity contribution in [3.8, 4) is 11.5 Å². The number of hydrogen-bond donors (Lipinski definition) is 0. The minimum absolute atomic E-state index is 0.128. The molecule has 3 aliphatic carbocycles. The van der Waals surface area contributed by atoms with Crippen LogP contribution in [0.4, 0.5) is 0 Å². The van der Waals surface area contributed by atoms with Gasteiger partial charge >= 0.3 is 0 Å². The van der Waals surface area contributed by atoms with Gasteiger partial charge in [-0.3, -0.25) is 0 Å². The van der Waals surface area contributed by atoms with Crippen molar-refractivity contribution in [2.75, 3.05) is 14.2 Å². The molecule has 0 N–H and O–H groups in total. The van der Waals surface area contributed by atoms with Crippen LogP contribution >= 0.6 is 11.6 Å². The Balaban J connectivity index is 1.62. The number of methoxy groups -OCH3 is 2. The molecule has 0 saturated heterocycles. The number of benzene rings is 1. The number of ether oxygens (including phenoxy) is 2. The summed E-state index contributed by atoms with van der Waals surface area (Å²) in [6.45, 7) is 2.12. The van der Waals surface area contributed by atoms with Crippen molar-refractivity contribution in [3.63, 3.8) is 0 Å². The third kappa shape index (κ3) is 1.91. The monoisotopic (exact) mass is 306 g/mol. The number of rotatable bonds is 4. The number of hydrogen-bond acceptors (Lipinski definition) is 2. The van der Waals surface area contributed by atoms with E-state index in [0.29, 0.717) is 5.92 Å². The zero-order valence-corrected chi connectivity index (χ0v) is 13.7. The minimum Gasteiger partial charge on any atom is -0.493 e. The molecule has 3 heteroatoms. The third-order valence-corrected chi connectivity index (χ3v) is 6.73. The standard InChI is InChI=1S/C18H23ClO2/c1-9-6-13(20-2)14(21-3)8-12(9)18(19)17-15-10-4-5-11(7-10)16(15)17/h6,8,10-11,15-18H,4-5,7H2,1-3H3. The largest absolute Gasteiger partial charge is 0.493 e. The maximum Gasteiger partial charge on any atom is 0.161 e. The molecule has 114 valence electrons. The Morgan fingerprint density at radius 1 is 1.05 bits per heavy atom. The molecule has 3 fully saturated rings. The van der Waals surface area contributed by atoms with Crippen LogP contribution in [0.5, 0.6) is 11.5 Å². The van der Waals surface area contributed by atoms with Crippen LogP contribution < -0.4 is 9.47 Å². The van der Waals surface area contributed by atoms with Gasteiger partial charge < -0.3 is 9.47 Å². The molecule has 4 rings (SSSR count). The maximum absolute atomic E-state index is 6.90. The number of halogens is 1. The van der Waals surface area contributed by atoms with Gasteiger partial charge in [-0.05, 0) is 79.0 Å². The van der Waals surface area contributed by atoms with Crippen LogP contribution in [0, 0.1) is 36.5 Å². The Morgan fingerprint density at radius 2 is 1.62 bits per heavy atom. The molecular weight excluding hydrogens is 284 g/mol. The summed E-state index contributed by atoms with van der Waals surface area (Å²) in [4.78, 5) is 0. The molecule has 0 radical (unpaired) electrons. The number of fused-ring (bicyclic) bond motifs is 5. The average Bonchev–Trinajstić information content (AvgIpc) is 2.93. The fourth-order valence-electron chi connectivity index (χ4n) is 5.28. The van der Waals surface area contributed by atoms with E-state index >= 15 is 0 Å². The molecule has 5 atom stereocenters. The topological polar surface area (TPSA) is 18.5 Å². The molecule has 0 aromatic heterocycles. The van der Waals surface area contributed by atoms with E-state index in [-0.39, 0.29) is 5.38 Å². The molecule has 2 bridgehead atoms. The lowest BCUT2D eigenvalue weighted by molar-refractivity contribution is 0.353. The zero-order valence-electron chi connectivity index (χ0n) is 12.9. The van der Waals surface area contributed by atoms with Gasteiger partial charge in [-0.15, -0.1) is 11.6 Å². The molecule has 0 spiro atoms. The molecule has 5 unspecified atom stereocenters. The first-order chi connectivity index (χ1) is 10.2. The van der Waals surface area contributed by atoms with Crippen LogP contribution in [-0.2, 0) is 0 Å². The van der Waals surface area contributed by atoms with Gasteiger partial charge in [-0.1, -0.05) is 0 Å². The van der Waals surface area contributed by atoms with Gasteiger partial charge in [-0.25, -0.2) is 0 Å². The van der Waals surface area contributed by atoms with E-state index in [1.165, 1.54) is 30.4 Å². The molecule has 1 aromatic rings. The van der Waals surface area contributed by atoms with Crippen LogP contribution in [0.25, 0.3) is 0 Å². The Kier molecular flexibility index (Phi) is 3.15. The Labute approximate surface area is 131 Å². The summed E-state index contributed by atoms with van der Waals surface area (Å²) in [5.74, 6) is 6.00. The van der Waals surface area contributed by atoms with E-state index in [1.807, 2.05) is 0 Å². The van der Waals surface area contributed by atoms with Gasteiger partial charge in [0.05, 0.1) is 19.6 Å². The summed E-state index contributed by atoms with van der Waals surface area (Å²) in [7, 11) is 3.37. The third-order valence-electron chi connectivity index (χ3n) is 6.20. The number of alkyl halides is 1. The van der Waals surface area contributed by atoms with Crippen molar-refractivity contribution in [3.05, 3.63) is 23.3 Å². The highest BCUT2D eigenvalue weighted by molar-refractivity contribution is 6.21. The molecule has 1 aromatic carbocycles. The summed E-state index contributed by atoms with van der Waals surface area (Å²) in [5, 5.41) is 0.128. The lowest BCUT2D eigenvalue weighted by Gasteiger charge is -2.19. The van der Waals surface area contributed by atoms with Gasteiger partial charge in [0.25, 0.3) is 0 Å². The van der Waals surface area contributed by atoms with Crippen LogP contribution in [-0.4, -0.2) is 14.2 Å². The fourth-order valence-corrected chi connectivity index (χ4v) is 5.86. The van der Waals surface area contributed by atoms with Crippen molar-refractivity contribution < 1.29 is 9.47 Å². The van der Waals surface area contributed by atoms with Crippen LogP contribution in [0.2, 0.25) is 0 Å². The molecule has 0 aliphatic heterocycles. The van der Waals surface area contributed by atoms with Gasteiger partial charge in [0.1, 0.15) is 0 Å². The Bertz CT molecular complexity index is 555. The van der Waals surface area contributed by atoms with Gasteiger partial charge in [0.2, 0.25) is 0 Å². The first-order valence-electron chi connectivity index (χ1n) is 8.02. The quantitative estimate of drug-likeness (QED) is 0.758. The summed E-state index contributed by atoms with van der Waals surface area (Å²) >= 11 is 6.90. The van der Waals surface area contributed by atoms with Gasteiger partial charge in [-0.2, -0.15) is 0 Å². The normalized spacial score (nSPS) is 37.2. The molecule has 3 aliphatic rings. The van der Waals surface area contributed by atoms with E-state index < -0.39 is 0 Å². The average molecular weight is 307 g/mol. The van der Waals surface area contributed by atoms with Crippen LogP contribution in [0.15, 0.2) is 12.1 Å². The minimum atomic E-state index is 0.128. The molecule has 2 nitrogen and oxygen atoms in total. The maximum atomic E-state index is 6.90. The predicted molar refractivity (Wildman–Crippen MR) is 84.2 cm³/mol. The van der Waals surface area contributed by atoms with Crippen molar-refractivity contribution in [1.29, 1.82) is 0 Å². The van der Waals surface area contributed by atoms with Crippen molar-refractivity contribution in [2.45, 2.75) is 31.6 Å². The van der Waals surface area contributed by atoms with E-state index in [0.717, 1.165) is 35.2 Å². The first kappa shape index (κ1) is 13.8. The van der Waals surface area contributed by atoms with E-state index in [1.54, 1.807) is 14.2 Å². The first-order valence-corrected chi connectivity index (χ1v) is 8.46. The van der Waals surface area contributed by atoms with E-state index in [2.05, 4.69) is 19.1 Å². The molecule has 0 amide bonds. The molecule has 21 heavy (non-hydrogen) atoms. The van der Waals surface area contributed by atoms with Crippen LogP contribution in [0.3, 0.4) is 0 Å². The zero-order chi connectivity index (χ0) is 14.7. The molecule has 0 heterocycles. The highest BCUT2D eigenvalue weighted by Gasteiger charge is 2.66. The second-order valence-electron chi connectivity index (χ2n) is 7.03. The van der Waals surface area contributed by atoms with Gasteiger partial charge in [0, 0.05) is 0 Å². The molecule has 3 saturated carbocycles. The van der Waals surface area contributed by atoms with Crippen molar-refractivity contribution >= 4 is 11.6 Å². The second kappa shape index (κ2) is 4.81. The SMILES string of the molecule is COc1cc(C)c(C(Cl)C2C3C4CCC(C4)C32)cc1OC. The fraction of sp³-hybridized carbons (Fsp3) is 0.667. The highest BCUT2D eigenvalue weighted by atomic mass is 35.5. The Hall–Kier alpha value is -0.890. The highest BCUT2D eigenvalue weighted by Crippen LogP contribution is 2.73. The summed E-state index contributed by atoms with van der Waals surface area (Å²) in [5.41, 5.74) is 2.44. The summed E-state index contributed by atoms with van der Waals surface area (Å²) in [6.07, 6.45) is 4.36. The van der Waals surface area contributed by atoms with E-state index in [9.17, 15) is 0 Å². The van der Waals surface area contributed by atoms with E-state index in [4.69, 9.17) is 21.1 Å². The van der Waals surface area contributed by atoms with Crippen molar-refractivity contribution in [2.24, 2.45) is 29.6 Å². The second-order valence-corrected chi connectivity index (χ2v) is 7.50. The Morgan fingerprint density at radius 3 is 2.19 bits per heavy atom. The van der Waals surface area contributed by atoms with Gasteiger partial charge in [0.15, 0.2) is 11.5 Å². The molecular formula is C18H23ClO2. The lowest BCUT2D eigenvalue weighted by Crippen LogP contribution is -2.06. The smallest absolute Gasteiger partial charge is 0.161 e. The summed E-state index contributed by atoms with van der Waals surface area (Å²) < 4.78 is 10.8. The lowest BCUT2D eigenvalue weighted by atomic mass is 9.94. The summed E-state index contributed by atoms with van der Waals surface area (Å²) in [6, 6.07) is 4.14. The van der Waals surface area contributed by atoms with Crippen molar-refractivity contribution in [1.82, 2.24) is 0 Å². The van der Waals surface area contributed by atoms with Crippen LogP contribution in [0.1, 0.15) is 35.8 Å².